The van der Waals surface area contributed by atoms with Crippen LogP contribution in [-0.2, 0) is 9.53 Å². The van der Waals surface area contributed by atoms with Crippen molar-refractivity contribution in [3.8, 4) is 0 Å². The molecule has 1 fully saturated rings. The number of ether oxygens (including phenoxy) is 1. The molecule has 20 heavy (non-hydrogen) atoms. The number of unbranched alkanes of at least 4 members (excludes halogenated alkanes) is 1. The number of rotatable bonds is 6. The molecule has 0 saturated carbocycles. The van der Waals surface area contributed by atoms with E-state index in [0.717, 1.165) is 43.1 Å². The van der Waals surface area contributed by atoms with Gasteiger partial charge in [-0.1, -0.05) is 23.7 Å². The van der Waals surface area contributed by atoms with Crippen molar-refractivity contribution in [2.24, 2.45) is 0 Å². The van der Waals surface area contributed by atoms with Gasteiger partial charge in [0.1, 0.15) is 0 Å². The lowest BCUT2D eigenvalue weighted by Gasteiger charge is -2.33. The van der Waals surface area contributed by atoms with Gasteiger partial charge in [-0.05, 0) is 37.1 Å². The van der Waals surface area contributed by atoms with E-state index in [4.69, 9.17) is 21.4 Å². The highest BCUT2D eigenvalue weighted by Crippen LogP contribution is 2.23. The van der Waals surface area contributed by atoms with Crippen LogP contribution >= 0.6 is 11.6 Å². The Morgan fingerprint density at radius 3 is 2.80 bits per heavy atom. The summed E-state index contributed by atoms with van der Waals surface area (Å²) < 4.78 is 5.80. The highest BCUT2D eigenvalue weighted by molar-refractivity contribution is 6.30. The monoisotopic (exact) mass is 297 g/mol. The Morgan fingerprint density at radius 1 is 1.35 bits per heavy atom. The summed E-state index contributed by atoms with van der Waals surface area (Å²) in [6.07, 6.45) is 1.99. The van der Waals surface area contributed by atoms with Gasteiger partial charge in [0.05, 0.1) is 12.7 Å². The van der Waals surface area contributed by atoms with Crippen LogP contribution in [0.4, 0.5) is 0 Å². The minimum atomic E-state index is -0.717. The molecule has 1 aromatic carbocycles. The number of carboxylic acid groups (broad SMARTS) is 1. The molecule has 1 heterocycles. The predicted molar refractivity (Wildman–Crippen MR) is 78.1 cm³/mol. The second kappa shape index (κ2) is 7.62. The lowest BCUT2D eigenvalue weighted by molar-refractivity contribution is -0.137. The van der Waals surface area contributed by atoms with Gasteiger partial charge in [-0.2, -0.15) is 0 Å². The van der Waals surface area contributed by atoms with Crippen molar-refractivity contribution in [3.63, 3.8) is 0 Å². The Morgan fingerprint density at radius 2 is 2.10 bits per heavy atom. The van der Waals surface area contributed by atoms with Gasteiger partial charge in [0.25, 0.3) is 0 Å². The van der Waals surface area contributed by atoms with Gasteiger partial charge in [-0.15, -0.1) is 0 Å². The number of benzene rings is 1. The first-order valence-corrected chi connectivity index (χ1v) is 7.34. The summed E-state index contributed by atoms with van der Waals surface area (Å²) in [7, 11) is 0. The zero-order chi connectivity index (χ0) is 14.4. The predicted octanol–water partition coefficient (Wildman–Crippen LogP) is 2.97. The van der Waals surface area contributed by atoms with E-state index >= 15 is 0 Å². The molecule has 0 amide bonds. The van der Waals surface area contributed by atoms with Crippen LogP contribution in [0.15, 0.2) is 24.3 Å². The van der Waals surface area contributed by atoms with Gasteiger partial charge >= 0.3 is 5.97 Å². The van der Waals surface area contributed by atoms with Crippen LogP contribution in [-0.4, -0.2) is 42.2 Å². The van der Waals surface area contributed by atoms with Crippen LogP contribution in [0, 0.1) is 0 Å². The third-order valence-electron chi connectivity index (χ3n) is 3.51. The van der Waals surface area contributed by atoms with E-state index in [1.54, 1.807) is 0 Å². The minimum absolute atomic E-state index is 0.0838. The topological polar surface area (TPSA) is 49.8 Å². The molecule has 4 nitrogen and oxygen atoms in total. The van der Waals surface area contributed by atoms with Crippen LogP contribution in [0.2, 0.25) is 5.02 Å². The molecule has 110 valence electrons. The van der Waals surface area contributed by atoms with Crippen molar-refractivity contribution in [2.75, 3.05) is 26.2 Å². The largest absolute Gasteiger partial charge is 0.481 e. The third-order valence-corrected chi connectivity index (χ3v) is 3.76. The van der Waals surface area contributed by atoms with Crippen molar-refractivity contribution >= 4 is 17.6 Å². The number of hydrogen-bond acceptors (Lipinski definition) is 3. The fraction of sp³-hybridized carbons (Fsp3) is 0.533. The zero-order valence-corrected chi connectivity index (χ0v) is 12.2. The molecule has 0 aliphatic carbocycles. The van der Waals surface area contributed by atoms with Gasteiger partial charge < -0.3 is 9.84 Å². The Balaban J connectivity index is 1.79. The van der Waals surface area contributed by atoms with E-state index in [-0.39, 0.29) is 12.5 Å². The lowest BCUT2D eigenvalue weighted by Crippen LogP contribution is -2.38. The maximum Gasteiger partial charge on any atom is 0.303 e. The van der Waals surface area contributed by atoms with Gasteiger partial charge in [0.2, 0.25) is 0 Å². The van der Waals surface area contributed by atoms with E-state index < -0.39 is 5.97 Å². The minimum Gasteiger partial charge on any atom is -0.481 e. The van der Waals surface area contributed by atoms with Gasteiger partial charge in [-0.3, -0.25) is 9.69 Å². The molecule has 1 atom stereocenters. The quantitative estimate of drug-likeness (QED) is 0.820. The number of nitrogens with zero attached hydrogens (tertiary/aromatic N) is 1. The third kappa shape index (κ3) is 4.78. The highest BCUT2D eigenvalue weighted by Gasteiger charge is 2.21. The Labute approximate surface area is 124 Å². The molecule has 1 aromatic rings. The van der Waals surface area contributed by atoms with E-state index in [1.807, 2.05) is 24.3 Å². The average molecular weight is 298 g/mol. The Bertz CT molecular complexity index is 435. The summed E-state index contributed by atoms with van der Waals surface area (Å²) in [4.78, 5) is 12.8. The number of hydrogen-bond donors (Lipinski definition) is 1. The first kappa shape index (κ1) is 15.3. The van der Waals surface area contributed by atoms with Crippen molar-refractivity contribution < 1.29 is 14.6 Å². The number of carbonyl (C=O) groups is 1. The standard InChI is InChI=1S/C15H20ClNO3/c16-13-6-4-12(5-7-13)14-11-17(9-10-20-14)8-2-1-3-15(18)19/h4-7,14H,1-3,8-11H2,(H,18,19)/t14-/m1/s1. The molecule has 5 heteroatoms. The molecule has 0 bridgehead atoms. The molecule has 0 unspecified atom stereocenters. The van der Waals surface area contributed by atoms with E-state index in [1.165, 1.54) is 0 Å². The number of aliphatic carboxylic acids is 1. The molecule has 1 aliphatic rings. The Kier molecular flexibility index (Phi) is 5.83. The summed E-state index contributed by atoms with van der Waals surface area (Å²) in [6.45, 7) is 3.42. The number of morpholine rings is 1. The maximum absolute atomic E-state index is 10.5. The van der Waals surface area contributed by atoms with Crippen LogP contribution in [0.5, 0.6) is 0 Å². The Hall–Kier alpha value is -1.10. The van der Waals surface area contributed by atoms with Gasteiger partial charge in [0, 0.05) is 24.5 Å². The number of halogens is 1. The van der Waals surface area contributed by atoms with Crippen LogP contribution in [0.25, 0.3) is 0 Å². The van der Waals surface area contributed by atoms with Crippen molar-refractivity contribution in [1.82, 2.24) is 4.90 Å². The molecule has 2 rings (SSSR count). The normalized spacial score (nSPS) is 19.9. The molecular formula is C15H20ClNO3. The fourth-order valence-electron chi connectivity index (χ4n) is 2.40. The first-order chi connectivity index (χ1) is 9.65. The van der Waals surface area contributed by atoms with Crippen LogP contribution in [0.1, 0.15) is 30.9 Å². The van der Waals surface area contributed by atoms with Crippen LogP contribution < -0.4 is 0 Å². The van der Waals surface area contributed by atoms with Crippen molar-refractivity contribution in [2.45, 2.75) is 25.4 Å². The van der Waals surface area contributed by atoms with Gasteiger partial charge in [-0.25, -0.2) is 0 Å². The van der Waals surface area contributed by atoms with Gasteiger partial charge in [0.15, 0.2) is 0 Å². The molecule has 0 spiro atoms. The van der Waals surface area contributed by atoms with Crippen LogP contribution in [0.3, 0.4) is 0 Å². The van der Waals surface area contributed by atoms with E-state index in [2.05, 4.69) is 4.90 Å². The molecular weight excluding hydrogens is 278 g/mol. The zero-order valence-electron chi connectivity index (χ0n) is 11.4. The fourth-order valence-corrected chi connectivity index (χ4v) is 2.52. The number of carboxylic acids is 1. The van der Waals surface area contributed by atoms with E-state index in [9.17, 15) is 4.79 Å². The van der Waals surface area contributed by atoms with Crippen molar-refractivity contribution in [1.29, 1.82) is 0 Å². The lowest BCUT2D eigenvalue weighted by atomic mass is 10.1. The smallest absolute Gasteiger partial charge is 0.303 e. The summed E-state index contributed by atoms with van der Waals surface area (Å²) >= 11 is 5.89. The SMILES string of the molecule is O=C(O)CCCCN1CCO[C@@H](c2ccc(Cl)cc2)C1. The average Bonchev–Trinajstić information content (AvgIpc) is 2.44. The maximum atomic E-state index is 10.5. The molecule has 0 aromatic heterocycles. The molecule has 1 N–H and O–H groups in total. The second-order valence-electron chi connectivity index (χ2n) is 5.06. The summed E-state index contributed by atoms with van der Waals surface area (Å²) in [6, 6.07) is 7.76. The van der Waals surface area contributed by atoms with Crippen molar-refractivity contribution in [3.05, 3.63) is 34.9 Å². The summed E-state index contributed by atoms with van der Waals surface area (Å²) in [5.74, 6) is -0.717. The first-order valence-electron chi connectivity index (χ1n) is 6.96. The molecule has 1 saturated heterocycles. The summed E-state index contributed by atoms with van der Waals surface area (Å²) in [5.41, 5.74) is 1.14. The van der Waals surface area contributed by atoms with E-state index in [0.29, 0.717) is 6.61 Å². The summed E-state index contributed by atoms with van der Waals surface area (Å²) in [5, 5.41) is 9.35. The molecule has 0 radical (unpaired) electrons. The second-order valence-corrected chi connectivity index (χ2v) is 5.50. The highest BCUT2D eigenvalue weighted by atomic mass is 35.5. The molecule has 1 aliphatic heterocycles.